The topological polar surface area (TPSA) is 77.2 Å². The number of nitrogens with zero attached hydrogens (tertiary/aromatic N) is 4. The summed E-state index contributed by atoms with van der Waals surface area (Å²) in [5.74, 6) is 0.890. The molecular formula is C25H40N6O. The third kappa shape index (κ3) is 7.95. The Labute approximate surface area is 193 Å². The highest BCUT2D eigenvalue weighted by Gasteiger charge is 2.23. The van der Waals surface area contributed by atoms with Crippen molar-refractivity contribution in [2.45, 2.75) is 26.2 Å². The van der Waals surface area contributed by atoms with Crippen molar-refractivity contribution in [3.05, 3.63) is 42.0 Å². The molecule has 32 heavy (non-hydrogen) atoms. The summed E-state index contributed by atoms with van der Waals surface area (Å²) < 4.78 is 0. The lowest BCUT2D eigenvalue weighted by atomic mass is 9.97. The van der Waals surface area contributed by atoms with Crippen molar-refractivity contribution in [1.29, 1.82) is 0 Å². The SMILES string of the molecule is CCNC(=NCCCN1CCCC(C(N)=O)C1)N1CCN(C/C=C/c2ccccc2)CC1. The largest absolute Gasteiger partial charge is 0.369 e. The minimum absolute atomic E-state index is 0.0170. The molecule has 3 N–H and O–H groups in total. The lowest BCUT2D eigenvalue weighted by molar-refractivity contribution is -0.123. The van der Waals surface area contributed by atoms with E-state index in [4.69, 9.17) is 10.7 Å². The summed E-state index contributed by atoms with van der Waals surface area (Å²) in [5.41, 5.74) is 6.75. The highest BCUT2D eigenvalue weighted by Crippen LogP contribution is 2.16. The van der Waals surface area contributed by atoms with Gasteiger partial charge in [0.1, 0.15) is 0 Å². The summed E-state index contributed by atoms with van der Waals surface area (Å²) >= 11 is 0. The van der Waals surface area contributed by atoms with E-state index in [0.717, 1.165) is 90.7 Å². The van der Waals surface area contributed by atoms with Gasteiger partial charge in [0.15, 0.2) is 5.96 Å². The van der Waals surface area contributed by atoms with Gasteiger partial charge in [0.2, 0.25) is 5.91 Å². The maximum absolute atomic E-state index is 11.5. The molecule has 2 saturated heterocycles. The fourth-order valence-electron chi connectivity index (χ4n) is 4.44. The molecule has 0 saturated carbocycles. The molecule has 7 nitrogen and oxygen atoms in total. The standard InChI is InChI=1S/C25H40N6O/c1-2-27-25(28-13-8-16-30-15-7-12-23(21-30)24(26)32)31-19-17-29(18-20-31)14-6-11-22-9-4-3-5-10-22/h3-6,9-11,23H,2,7-8,12-21H2,1H3,(H2,26,32)(H,27,28)/b11-6+. The highest BCUT2D eigenvalue weighted by molar-refractivity contribution is 5.80. The maximum atomic E-state index is 11.5. The fourth-order valence-corrected chi connectivity index (χ4v) is 4.44. The van der Waals surface area contributed by atoms with E-state index >= 15 is 0 Å². The number of guanidine groups is 1. The van der Waals surface area contributed by atoms with E-state index in [1.165, 1.54) is 5.56 Å². The number of piperazine rings is 1. The average molecular weight is 441 g/mol. The van der Waals surface area contributed by atoms with Gasteiger partial charge in [-0.2, -0.15) is 0 Å². The molecule has 3 rings (SSSR count). The summed E-state index contributed by atoms with van der Waals surface area (Å²) in [7, 11) is 0. The number of hydrogen-bond acceptors (Lipinski definition) is 4. The first-order valence-electron chi connectivity index (χ1n) is 12.1. The van der Waals surface area contributed by atoms with Crippen LogP contribution in [0, 0.1) is 5.92 Å². The van der Waals surface area contributed by atoms with Gasteiger partial charge >= 0.3 is 0 Å². The minimum atomic E-state index is -0.156. The molecule has 176 valence electrons. The van der Waals surface area contributed by atoms with E-state index < -0.39 is 0 Å². The van der Waals surface area contributed by atoms with E-state index in [1.807, 2.05) is 6.07 Å². The Balaban J connectivity index is 1.39. The van der Waals surface area contributed by atoms with Crippen molar-refractivity contribution in [3.8, 4) is 0 Å². The number of rotatable bonds is 9. The molecule has 2 heterocycles. The third-order valence-electron chi connectivity index (χ3n) is 6.28. The first-order valence-corrected chi connectivity index (χ1v) is 12.1. The number of amides is 1. The molecule has 0 spiro atoms. The van der Waals surface area contributed by atoms with Crippen LogP contribution in [0.3, 0.4) is 0 Å². The van der Waals surface area contributed by atoms with Gasteiger partial charge in [-0.3, -0.25) is 14.7 Å². The van der Waals surface area contributed by atoms with Crippen LogP contribution in [0.4, 0.5) is 0 Å². The summed E-state index contributed by atoms with van der Waals surface area (Å²) in [6.07, 6.45) is 7.46. The number of hydrogen-bond donors (Lipinski definition) is 2. The number of carbonyl (C=O) groups excluding carboxylic acids is 1. The number of nitrogens with two attached hydrogens (primary N) is 1. The van der Waals surface area contributed by atoms with Gasteiger partial charge in [0.25, 0.3) is 0 Å². The number of likely N-dealkylation sites (tertiary alicyclic amines) is 1. The van der Waals surface area contributed by atoms with Crippen LogP contribution in [0.1, 0.15) is 31.7 Å². The Bertz CT molecular complexity index is 742. The molecule has 2 aliphatic heterocycles. The van der Waals surface area contributed by atoms with Gasteiger partial charge in [-0.25, -0.2) is 0 Å². The van der Waals surface area contributed by atoms with Crippen LogP contribution in [0.15, 0.2) is 41.4 Å². The molecule has 0 bridgehead atoms. The summed E-state index contributed by atoms with van der Waals surface area (Å²) in [6, 6.07) is 10.5. The Morgan fingerprint density at radius 3 is 2.66 bits per heavy atom. The molecule has 0 aliphatic carbocycles. The number of aliphatic imine (C=N–C) groups is 1. The average Bonchev–Trinajstić information content (AvgIpc) is 2.82. The second kappa shape index (κ2) is 13.2. The molecule has 1 aromatic carbocycles. The van der Waals surface area contributed by atoms with E-state index in [2.05, 4.69) is 63.4 Å². The lowest BCUT2D eigenvalue weighted by Crippen LogP contribution is -2.52. The molecule has 0 radical (unpaired) electrons. The molecule has 1 amide bonds. The van der Waals surface area contributed by atoms with Crippen molar-refractivity contribution in [1.82, 2.24) is 20.0 Å². The quantitative estimate of drug-likeness (QED) is 0.348. The first kappa shape index (κ1) is 24.3. The molecule has 1 atom stereocenters. The van der Waals surface area contributed by atoms with E-state index in [-0.39, 0.29) is 11.8 Å². The monoisotopic (exact) mass is 440 g/mol. The summed E-state index contributed by atoms with van der Waals surface area (Å²) in [4.78, 5) is 23.6. The van der Waals surface area contributed by atoms with Gasteiger partial charge < -0.3 is 20.9 Å². The van der Waals surface area contributed by atoms with E-state index in [0.29, 0.717) is 0 Å². The Morgan fingerprint density at radius 1 is 1.16 bits per heavy atom. The molecule has 0 aromatic heterocycles. The number of benzene rings is 1. The molecule has 2 aliphatic rings. The van der Waals surface area contributed by atoms with Crippen molar-refractivity contribution >= 4 is 17.9 Å². The highest BCUT2D eigenvalue weighted by atomic mass is 16.1. The van der Waals surface area contributed by atoms with Crippen molar-refractivity contribution in [3.63, 3.8) is 0 Å². The number of nitrogens with one attached hydrogen (secondary N) is 1. The molecule has 7 heteroatoms. The van der Waals surface area contributed by atoms with Gasteiger partial charge in [0.05, 0.1) is 5.92 Å². The predicted molar refractivity (Wildman–Crippen MR) is 132 cm³/mol. The maximum Gasteiger partial charge on any atom is 0.221 e. The van der Waals surface area contributed by atoms with Gasteiger partial charge in [-0.15, -0.1) is 0 Å². The normalized spacial score (nSPS) is 21.2. The minimum Gasteiger partial charge on any atom is -0.369 e. The van der Waals surface area contributed by atoms with Crippen molar-refractivity contribution < 1.29 is 4.79 Å². The van der Waals surface area contributed by atoms with Crippen LogP contribution >= 0.6 is 0 Å². The molecule has 1 aromatic rings. The first-order chi connectivity index (χ1) is 15.7. The zero-order valence-corrected chi connectivity index (χ0v) is 19.6. The summed E-state index contributed by atoms with van der Waals surface area (Å²) in [5, 5.41) is 3.46. The van der Waals surface area contributed by atoms with Crippen LogP contribution in [0.2, 0.25) is 0 Å². The number of piperidine rings is 1. The smallest absolute Gasteiger partial charge is 0.221 e. The fraction of sp³-hybridized carbons (Fsp3) is 0.600. The van der Waals surface area contributed by atoms with E-state index in [9.17, 15) is 4.79 Å². The Hall–Kier alpha value is -2.38. The summed E-state index contributed by atoms with van der Waals surface area (Å²) in [6.45, 7) is 11.7. The van der Waals surface area contributed by atoms with Crippen LogP contribution in [-0.4, -0.2) is 92.0 Å². The second-order valence-corrected chi connectivity index (χ2v) is 8.73. The van der Waals surface area contributed by atoms with Crippen LogP contribution in [-0.2, 0) is 4.79 Å². The van der Waals surface area contributed by atoms with Crippen molar-refractivity contribution in [2.75, 3.05) is 65.4 Å². The molecule has 1 unspecified atom stereocenters. The predicted octanol–water partition coefficient (Wildman–Crippen LogP) is 1.87. The second-order valence-electron chi connectivity index (χ2n) is 8.73. The van der Waals surface area contributed by atoms with Crippen LogP contribution in [0.25, 0.3) is 6.08 Å². The Kier molecular flexibility index (Phi) is 10.0. The number of carbonyl (C=O) groups is 1. The van der Waals surface area contributed by atoms with Gasteiger partial charge in [-0.05, 0) is 44.8 Å². The molecule has 2 fully saturated rings. The van der Waals surface area contributed by atoms with Crippen LogP contribution < -0.4 is 11.1 Å². The van der Waals surface area contributed by atoms with Gasteiger partial charge in [-0.1, -0.05) is 42.5 Å². The zero-order chi connectivity index (χ0) is 22.6. The van der Waals surface area contributed by atoms with Crippen LogP contribution in [0.5, 0.6) is 0 Å². The zero-order valence-electron chi connectivity index (χ0n) is 19.6. The third-order valence-corrected chi connectivity index (χ3v) is 6.28. The lowest BCUT2D eigenvalue weighted by Gasteiger charge is -2.36. The van der Waals surface area contributed by atoms with E-state index in [1.54, 1.807) is 0 Å². The Morgan fingerprint density at radius 2 is 1.94 bits per heavy atom. The number of primary amides is 1. The van der Waals surface area contributed by atoms with Gasteiger partial charge in [0, 0.05) is 52.4 Å². The van der Waals surface area contributed by atoms with Crippen molar-refractivity contribution in [2.24, 2.45) is 16.6 Å². The molecular weight excluding hydrogens is 400 g/mol.